The minimum absolute atomic E-state index is 0.0199. The number of likely N-dealkylation sites (tertiary alicyclic amines) is 1. The fraction of sp³-hybridized carbons (Fsp3) is 0.857. The Hall–Kier alpha value is -1.04. The maximum absolute atomic E-state index is 11.6. The lowest BCUT2D eigenvalue weighted by atomic mass is 9.66. The number of piperidine rings is 1. The summed E-state index contributed by atoms with van der Waals surface area (Å²) >= 11 is 0. The van der Waals surface area contributed by atoms with E-state index in [9.17, 15) is 4.79 Å². The summed E-state index contributed by atoms with van der Waals surface area (Å²) in [6.07, 6.45) is 7.74. The Labute approximate surface area is 104 Å². The molecule has 0 N–H and O–H groups in total. The zero-order chi connectivity index (χ0) is 12.3. The van der Waals surface area contributed by atoms with Crippen molar-refractivity contribution in [2.45, 2.75) is 51.9 Å². The van der Waals surface area contributed by atoms with Gasteiger partial charge in [0.1, 0.15) is 6.42 Å². The molecule has 1 saturated carbocycles. The predicted octanol–water partition coefficient (Wildman–Crippen LogP) is 2.72. The minimum Gasteiger partial charge on any atom is -0.342 e. The standard InChI is InChI=1S/C14H22N2O/c1-12-2-5-14(6-3-12)7-10-16(11-8-14)13(17)4-9-15/h12H,2-8,10-11H2,1H3. The van der Waals surface area contributed by atoms with Crippen molar-refractivity contribution in [3.8, 4) is 6.07 Å². The van der Waals surface area contributed by atoms with Gasteiger partial charge in [-0.05, 0) is 37.0 Å². The molecule has 94 valence electrons. The van der Waals surface area contributed by atoms with Crippen LogP contribution in [0.3, 0.4) is 0 Å². The zero-order valence-corrected chi connectivity index (χ0v) is 10.7. The Morgan fingerprint density at radius 1 is 1.29 bits per heavy atom. The molecule has 2 rings (SSSR count). The van der Waals surface area contributed by atoms with Gasteiger partial charge in [-0.15, -0.1) is 0 Å². The molecule has 3 heteroatoms. The van der Waals surface area contributed by atoms with Gasteiger partial charge in [-0.2, -0.15) is 5.26 Å². The fourth-order valence-electron chi connectivity index (χ4n) is 3.28. The van der Waals surface area contributed by atoms with Crippen molar-refractivity contribution in [2.24, 2.45) is 11.3 Å². The van der Waals surface area contributed by atoms with Crippen molar-refractivity contribution in [1.82, 2.24) is 4.90 Å². The monoisotopic (exact) mass is 234 g/mol. The van der Waals surface area contributed by atoms with E-state index in [1.165, 1.54) is 25.7 Å². The summed E-state index contributed by atoms with van der Waals surface area (Å²) in [7, 11) is 0. The largest absolute Gasteiger partial charge is 0.342 e. The Kier molecular flexibility index (Phi) is 3.71. The lowest BCUT2D eigenvalue weighted by Crippen LogP contribution is -2.44. The second kappa shape index (κ2) is 5.08. The molecule has 0 aromatic heterocycles. The van der Waals surface area contributed by atoms with Gasteiger partial charge in [-0.3, -0.25) is 4.79 Å². The van der Waals surface area contributed by atoms with Crippen LogP contribution in [0.2, 0.25) is 0 Å². The summed E-state index contributed by atoms with van der Waals surface area (Å²) in [4.78, 5) is 13.5. The molecule has 2 aliphatic rings. The van der Waals surface area contributed by atoms with Crippen molar-refractivity contribution in [2.75, 3.05) is 13.1 Å². The minimum atomic E-state index is 0.0199. The van der Waals surface area contributed by atoms with Gasteiger partial charge < -0.3 is 4.90 Å². The third-order valence-electron chi connectivity index (χ3n) is 4.74. The van der Waals surface area contributed by atoms with Crippen molar-refractivity contribution < 1.29 is 4.79 Å². The number of nitrogens with zero attached hydrogens (tertiary/aromatic N) is 2. The van der Waals surface area contributed by atoms with Crippen LogP contribution < -0.4 is 0 Å². The van der Waals surface area contributed by atoms with Crippen molar-refractivity contribution >= 4 is 5.91 Å². The molecular formula is C14H22N2O. The molecule has 0 unspecified atom stereocenters. The molecular weight excluding hydrogens is 212 g/mol. The quantitative estimate of drug-likeness (QED) is 0.700. The Morgan fingerprint density at radius 3 is 2.41 bits per heavy atom. The van der Waals surface area contributed by atoms with Gasteiger partial charge in [0.25, 0.3) is 0 Å². The van der Waals surface area contributed by atoms with Crippen molar-refractivity contribution in [3.05, 3.63) is 0 Å². The molecule has 1 heterocycles. The molecule has 0 radical (unpaired) electrons. The molecule has 1 aliphatic heterocycles. The van der Waals surface area contributed by atoms with E-state index in [0.717, 1.165) is 31.8 Å². The normalized spacial score (nSPS) is 24.6. The van der Waals surface area contributed by atoms with E-state index in [-0.39, 0.29) is 12.3 Å². The maximum atomic E-state index is 11.6. The highest BCUT2D eigenvalue weighted by Crippen LogP contribution is 2.46. The zero-order valence-electron chi connectivity index (χ0n) is 10.7. The van der Waals surface area contributed by atoms with Gasteiger partial charge >= 0.3 is 0 Å². The summed E-state index contributed by atoms with van der Waals surface area (Å²) in [6, 6.07) is 1.95. The highest BCUT2D eigenvalue weighted by molar-refractivity contribution is 5.78. The highest BCUT2D eigenvalue weighted by atomic mass is 16.2. The maximum Gasteiger partial charge on any atom is 0.236 e. The van der Waals surface area contributed by atoms with Gasteiger partial charge in [-0.1, -0.05) is 19.8 Å². The predicted molar refractivity (Wildman–Crippen MR) is 66.1 cm³/mol. The Balaban J connectivity index is 1.85. The molecule has 3 nitrogen and oxygen atoms in total. The molecule has 17 heavy (non-hydrogen) atoms. The van der Waals surface area contributed by atoms with E-state index in [1.807, 2.05) is 11.0 Å². The van der Waals surface area contributed by atoms with Gasteiger partial charge in [0.2, 0.25) is 5.91 Å². The fourth-order valence-corrected chi connectivity index (χ4v) is 3.28. The number of amides is 1. The Morgan fingerprint density at radius 2 is 1.88 bits per heavy atom. The topological polar surface area (TPSA) is 44.1 Å². The van der Waals surface area contributed by atoms with E-state index in [2.05, 4.69) is 6.92 Å². The van der Waals surface area contributed by atoms with Crippen LogP contribution in [0.1, 0.15) is 51.9 Å². The summed E-state index contributed by atoms with van der Waals surface area (Å²) in [5, 5.41) is 8.54. The van der Waals surface area contributed by atoms with E-state index in [4.69, 9.17) is 5.26 Å². The molecule has 0 aromatic carbocycles. The lowest BCUT2D eigenvalue weighted by molar-refractivity contribution is -0.132. The molecule has 0 atom stereocenters. The third-order valence-corrected chi connectivity index (χ3v) is 4.74. The summed E-state index contributed by atoms with van der Waals surface area (Å²) in [6.45, 7) is 4.09. The van der Waals surface area contributed by atoms with E-state index in [1.54, 1.807) is 0 Å². The molecule has 0 aromatic rings. The van der Waals surface area contributed by atoms with Crippen LogP contribution in [0.5, 0.6) is 0 Å². The summed E-state index contributed by atoms with van der Waals surface area (Å²) < 4.78 is 0. The van der Waals surface area contributed by atoms with E-state index >= 15 is 0 Å². The van der Waals surface area contributed by atoms with Crippen LogP contribution in [0.15, 0.2) is 0 Å². The number of carbonyl (C=O) groups excluding carboxylic acids is 1. The number of hydrogen-bond acceptors (Lipinski definition) is 2. The van der Waals surface area contributed by atoms with Gasteiger partial charge in [0.15, 0.2) is 0 Å². The van der Waals surface area contributed by atoms with Crippen LogP contribution in [-0.2, 0) is 4.79 Å². The first-order chi connectivity index (χ1) is 8.15. The number of rotatable bonds is 1. The highest BCUT2D eigenvalue weighted by Gasteiger charge is 2.37. The smallest absolute Gasteiger partial charge is 0.236 e. The van der Waals surface area contributed by atoms with Gasteiger partial charge in [0, 0.05) is 13.1 Å². The average Bonchev–Trinajstić information content (AvgIpc) is 2.35. The number of nitriles is 1. The van der Waals surface area contributed by atoms with Gasteiger partial charge in [0.05, 0.1) is 6.07 Å². The van der Waals surface area contributed by atoms with Crippen molar-refractivity contribution in [3.63, 3.8) is 0 Å². The SMILES string of the molecule is CC1CCC2(CC1)CCN(C(=O)CC#N)CC2. The third kappa shape index (κ3) is 2.80. The molecule has 0 bridgehead atoms. The van der Waals surface area contributed by atoms with Crippen LogP contribution in [0, 0.1) is 22.7 Å². The van der Waals surface area contributed by atoms with Crippen LogP contribution >= 0.6 is 0 Å². The van der Waals surface area contributed by atoms with E-state index in [0.29, 0.717) is 5.41 Å². The summed E-state index contributed by atoms with van der Waals surface area (Å²) in [5.74, 6) is 0.908. The molecule has 1 spiro atoms. The first-order valence-corrected chi connectivity index (χ1v) is 6.80. The molecule has 1 saturated heterocycles. The average molecular weight is 234 g/mol. The van der Waals surface area contributed by atoms with Crippen molar-refractivity contribution in [1.29, 1.82) is 5.26 Å². The molecule has 2 fully saturated rings. The van der Waals surface area contributed by atoms with Crippen LogP contribution in [0.4, 0.5) is 0 Å². The van der Waals surface area contributed by atoms with E-state index < -0.39 is 0 Å². The first kappa shape index (κ1) is 12.4. The lowest BCUT2D eigenvalue weighted by Gasteiger charge is -2.45. The van der Waals surface area contributed by atoms with Crippen LogP contribution in [0.25, 0.3) is 0 Å². The van der Waals surface area contributed by atoms with Crippen LogP contribution in [-0.4, -0.2) is 23.9 Å². The first-order valence-electron chi connectivity index (χ1n) is 6.80. The second-order valence-electron chi connectivity index (χ2n) is 5.90. The second-order valence-corrected chi connectivity index (χ2v) is 5.90. The number of carbonyl (C=O) groups is 1. The molecule has 1 amide bonds. The number of hydrogen-bond donors (Lipinski definition) is 0. The van der Waals surface area contributed by atoms with Gasteiger partial charge in [-0.25, -0.2) is 0 Å². The summed E-state index contributed by atoms with van der Waals surface area (Å²) in [5.41, 5.74) is 0.524. The Bertz CT molecular complexity index is 314. The molecule has 1 aliphatic carbocycles.